The Bertz CT molecular complexity index is 820. The molecule has 0 aromatic heterocycles. The highest BCUT2D eigenvalue weighted by Gasteiger charge is 2.05. The molecule has 2 aromatic rings. The van der Waals surface area contributed by atoms with Crippen molar-refractivity contribution >= 4 is 23.7 Å². The van der Waals surface area contributed by atoms with Crippen LogP contribution in [-0.4, -0.2) is 28.9 Å². The number of aryl methyl sites for hydroxylation is 1. The predicted octanol–water partition coefficient (Wildman–Crippen LogP) is 3.46. The summed E-state index contributed by atoms with van der Waals surface area (Å²) in [6, 6.07) is 10.2. The lowest BCUT2D eigenvalue weighted by molar-refractivity contribution is -0.121. The number of carbonyl (C=O) groups is 2. The smallest absolute Gasteiger partial charge is 0.163 e. The van der Waals surface area contributed by atoms with E-state index >= 15 is 0 Å². The van der Waals surface area contributed by atoms with Gasteiger partial charge in [0, 0.05) is 0 Å². The maximum absolute atomic E-state index is 12.0. The van der Waals surface area contributed by atoms with Gasteiger partial charge in [-0.25, -0.2) is 0 Å². The molecule has 5 heteroatoms. The van der Waals surface area contributed by atoms with Gasteiger partial charge in [-0.3, -0.25) is 9.59 Å². The maximum Gasteiger partial charge on any atom is 0.163 e. The molecule has 0 saturated heterocycles. The number of methoxy groups -OCH3 is 1. The summed E-state index contributed by atoms with van der Waals surface area (Å²) in [5, 5.41) is 18.8. The lowest BCUT2D eigenvalue weighted by Crippen LogP contribution is -2.02. The summed E-state index contributed by atoms with van der Waals surface area (Å²) in [4.78, 5) is 23.9. The molecule has 0 atom stereocenters. The largest absolute Gasteiger partial charge is 0.504 e. The first-order chi connectivity index (χ1) is 12.9. The maximum atomic E-state index is 12.0. The lowest BCUT2D eigenvalue weighted by atomic mass is 10.0. The molecule has 0 saturated carbocycles. The fourth-order valence-electron chi connectivity index (χ4n) is 2.43. The van der Waals surface area contributed by atoms with Gasteiger partial charge in [-0.2, -0.15) is 0 Å². The van der Waals surface area contributed by atoms with Gasteiger partial charge >= 0.3 is 0 Å². The molecule has 2 N–H and O–H groups in total. The molecule has 0 radical (unpaired) electrons. The number of benzene rings is 2. The molecule has 0 aliphatic rings. The van der Waals surface area contributed by atoms with Crippen LogP contribution in [0.4, 0.5) is 0 Å². The molecule has 2 rings (SSSR count). The third kappa shape index (κ3) is 5.94. The summed E-state index contributed by atoms with van der Waals surface area (Å²) in [5.74, 6) is -0.304. The molecule has 0 fully saturated rings. The van der Waals surface area contributed by atoms with E-state index < -0.39 is 0 Å². The summed E-state index contributed by atoms with van der Waals surface area (Å²) in [7, 11) is 1.44. The van der Waals surface area contributed by atoms with Gasteiger partial charge in [0.2, 0.25) is 0 Å². The highest BCUT2D eigenvalue weighted by molar-refractivity contribution is 6.10. The molecular formula is C22H22O5. The highest BCUT2D eigenvalue weighted by Crippen LogP contribution is 2.26. The first-order valence-electron chi connectivity index (χ1n) is 8.42. The van der Waals surface area contributed by atoms with E-state index in [9.17, 15) is 19.8 Å². The Balaban J connectivity index is 1.96. The number of phenolic OH excluding ortho intramolecular Hbond substituents is 1. The van der Waals surface area contributed by atoms with Crippen LogP contribution in [0.25, 0.3) is 12.2 Å². The molecule has 0 spiro atoms. The summed E-state index contributed by atoms with van der Waals surface area (Å²) >= 11 is 0. The predicted molar refractivity (Wildman–Crippen MR) is 104 cm³/mol. The lowest BCUT2D eigenvalue weighted by Gasteiger charge is -2.03. The summed E-state index contributed by atoms with van der Waals surface area (Å²) < 4.78 is 5.01. The molecule has 2 aromatic carbocycles. The average molecular weight is 366 g/mol. The van der Waals surface area contributed by atoms with E-state index in [0.717, 1.165) is 16.7 Å². The van der Waals surface area contributed by atoms with Crippen LogP contribution in [0.15, 0.2) is 48.6 Å². The Kier molecular flexibility index (Phi) is 7.08. The summed E-state index contributed by atoms with van der Waals surface area (Å²) in [6.45, 7) is 1.84. The third-order valence-electron chi connectivity index (χ3n) is 4.02. The van der Waals surface area contributed by atoms with Crippen molar-refractivity contribution in [2.75, 3.05) is 7.11 Å². The number of allylic oxidation sites excluding steroid dienone is 2. The Morgan fingerprint density at radius 2 is 1.59 bits per heavy atom. The fourth-order valence-corrected chi connectivity index (χ4v) is 2.43. The van der Waals surface area contributed by atoms with Crippen molar-refractivity contribution in [3.63, 3.8) is 0 Å². The zero-order chi connectivity index (χ0) is 19.8. The van der Waals surface area contributed by atoms with E-state index in [0.29, 0.717) is 11.3 Å². The Labute approximate surface area is 158 Å². The Morgan fingerprint density at radius 1 is 1.00 bits per heavy atom. The van der Waals surface area contributed by atoms with Crippen molar-refractivity contribution in [2.24, 2.45) is 0 Å². The second kappa shape index (κ2) is 9.50. The standard InChI is InChI=1S/C22H22O5/c1-15-3-4-16(11-18(15)14-23)5-8-19(24)13-20(25)9-6-17-7-10-21(26)22(12-17)27-2/h3-12,23,26H,13-14H2,1-2H3/b8-5+,9-6+. The number of hydrogen-bond donors (Lipinski definition) is 2. The van der Waals surface area contributed by atoms with Crippen LogP contribution in [0.3, 0.4) is 0 Å². The van der Waals surface area contributed by atoms with Gasteiger partial charge in [0.15, 0.2) is 23.1 Å². The second-order valence-electron chi connectivity index (χ2n) is 6.05. The Hall–Kier alpha value is -3.18. The van der Waals surface area contributed by atoms with Crippen LogP contribution in [0, 0.1) is 6.92 Å². The van der Waals surface area contributed by atoms with Crippen molar-refractivity contribution in [3.05, 3.63) is 70.8 Å². The number of aliphatic hydroxyl groups excluding tert-OH is 1. The van der Waals surface area contributed by atoms with E-state index in [2.05, 4.69) is 0 Å². The van der Waals surface area contributed by atoms with E-state index in [1.807, 2.05) is 19.1 Å². The second-order valence-corrected chi connectivity index (χ2v) is 6.05. The number of hydrogen-bond acceptors (Lipinski definition) is 5. The van der Waals surface area contributed by atoms with Gasteiger partial charge in [-0.1, -0.05) is 30.4 Å². The fraction of sp³-hybridized carbons (Fsp3) is 0.182. The minimum Gasteiger partial charge on any atom is -0.504 e. The number of carbonyl (C=O) groups excluding carboxylic acids is 2. The first kappa shape index (κ1) is 20.1. The monoisotopic (exact) mass is 366 g/mol. The van der Waals surface area contributed by atoms with Crippen molar-refractivity contribution in [1.82, 2.24) is 0 Å². The number of rotatable bonds is 8. The number of aromatic hydroxyl groups is 1. The number of ketones is 2. The van der Waals surface area contributed by atoms with Gasteiger partial charge in [0.25, 0.3) is 0 Å². The molecule has 0 heterocycles. The van der Waals surface area contributed by atoms with Gasteiger partial charge in [-0.05, 0) is 59.5 Å². The van der Waals surface area contributed by atoms with Gasteiger partial charge < -0.3 is 14.9 Å². The van der Waals surface area contributed by atoms with E-state index in [1.54, 1.807) is 30.4 Å². The average Bonchev–Trinajstić information content (AvgIpc) is 2.66. The van der Waals surface area contributed by atoms with Gasteiger partial charge in [0.05, 0.1) is 20.1 Å². The molecule has 140 valence electrons. The normalized spacial score (nSPS) is 11.2. The first-order valence-corrected chi connectivity index (χ1v) is 8.42. The molecule has 27 heavy (non-hydrogen) atoms. The molecule has 0 unspecified atom stereocenters. The molecule has 0 aliphatic carbocycles. The number of phenols is 1. The van der Waals surface area contributed by atoms with Crippen LogP contribution >= 0.6 is 0 Å². The molecular weight excluding hydrogens is 344 g/mol. The minimum absolute atomic E-state index is 0.0155. The molecule has 0 aliphatic heterocycles. The Morgan fingerprint density at radius 3 is 2.19 bits per heavy atom. The van der Waals surface area contributed by atoms with Crippen LogP contribution in [-0.2, 0) is 16.2 Å². The minimum atomic E-state index is -0.323. The van der Waals surface area contributed by atoms with Crippen molar-refractivity contribution in [2.45, 2.75) is 20.0 Å². The summed E-state index contributed by atoms with van der Waals surface area (Å²) in [5.41, 5.74) is 3.24. The topological polar surface area (TPSA) is 83.8 Å². The van der Waals surface area contributed by atoms with E-state index in [4.69, 9.17) is 4.74 Å². The van der Waals surface area contributed by atoms with E-state index in [1.165, 1.54) is 25.3 Å². The van der Waals surface area contributed by atoms with Gasteiger partial charge in [-0.15, -0.1) is 0 Å². The zero-order valence-electron chi connectivity index (χ0n) is 15.3. The van der Waals surface area contributed by atoms with Crippen LogP contribution in [0.2, 0.25) is 0 Å². The quantitative estimate of drug-likeness (QED) is 0.552. The van der Waals surface area contributed by atoms with E-state index in [-0.39, 0.29) is 30.3 Å². The number of aliphatic hydroxyl groups is 1. The highest BCUT2D eigenvalue weighted by atomic mass is 16.5. The SMILES string of the molecule is COc1cc(/C=C/C(=O)CC(=O)/C=C/c2ccc(C)c(CO)c2)ccc1O. The summed E-state index contributed by atoms with van der Waals surface area (Å²) in [6.07, 6.45) is 5.65. The number of ether oxygens (including phenoxy) is 1. The third-order valence-corrected chi connectivity index (χ3v) is 4.02. The molecule has 5 nitrogen and oxygen atoms in total. The van der Waals surface area contributed by atoms with Crippen LogP contribution in [0.1, 0.15) is 28.7 Å². The van der Waals surface area contributed by atoms with Crippen LogP contribution in [0.5, 0.6) is 11.5 Å². The molecule has 0 bridgehead atoms. The van der Waals surface area contributed by atoms with Crippen molar-refractivity contribution in [3.8, 4) is 11.5 Å². The van der Waals surface area contributed by atoms with Crippen molar-refractivity contribution in [1.29, 1.82) is 0 Å². The van der Waals surface area contributed by atoms with Crippen molar-refractivity contribution < 1.29 is 24.5 Å². The van der Waals surface area contributed by atoms with Crippen LogP contribution < -0.4 is 4.74 Å². The van der Waals surface area contributed by atoms with Gasteiger partial charge in [0.1, 0.15) is 0 Å². The zero-order valence-corrected chi connectivity index (χ0v) is 15.3. The molecule has 0 amide bonds.